The van der Waals surface area contributed by atoms with Gasteiger partial charge < -0.3 is 10.2 Å². The molecule has 0 saturated heterocycles. The Balaban J connectivity index is 0. The fourth-order valence-corrected chi connectivity index (χ4v) is 0.129. The maximum atomic E-state index is 9.43. The van der Waals surface area contributed by atoms with E-state index in [0.717, 1.165) is 0 Å². The summed E-state index contributed by atoms with van der Waals surface area (Å²) >= 11 is 0. The van der Waals surface area contributed by atoms with Gasteiger partial charge >= 0.3 is 49.7 Å². The molecule has 0 rings (SSSR count). The molecule has 0 aromatic heterocycles. The third-order valence-corrected chi connectivity index (χ3v) is 0.302. The predicted molar refractivity (Wildman–Crippen MR) is 28.4 cm³/mol. The Morgan fingerprint density at radius 1 is 1.12 bits per heavy atom. The second-order valence-corrected chi connectivity index (χ2v) is 0.964. The van der Waals surface area contributed by atoms with Gasteiger partial charge in [-0.1, -0.05) is 0 Å². The molecule has 0 bridgehead atoms. The van der Waals surface area contributed by atoms with E-state index in [2.05, 4.69) is 0 Å². The van der Waals surface area contributed by atoms with E-state index >= 15 is 0 Å². The first-order valence-electron chi connectivity index (χ1n) is 1.56. The minimum absolute atomic E-state index is 0. The van der Waals surface area contributed by atoms with Crippen molar-refractivity contribution in [2.24, 2.45) is 0 Å². The number of hydrogen-bond acceptors (Lipinski definition) is 2. The van der Waals surface area contributed by atoms with E-state index in [1.54, 1.807) is 0 Å². The van der Waals surface area contributed by atoms with Crippen molar-refractivity contribution in [2.75, 3.05) is 0 Å². The molecular weight excluding hydrogens is 140 g/mol. The van der Waals surface area contributed by atoms with Gasteiger partial charge in [0.2, 0.25) is 0 Å². The van der Waals surface area contributed by atoms with Crippen molar-refractivity contribution in [1.82, 2.24) is 0 Å². The summed E-state index contributed by atoms with van der Waals surface area (Å²) in [4.78, 5) is 18.9. The molecule has 0 saturated carbocycles. The fraction of sp³-hybridized carbons (Fsp3) is 0.333. The third-order valence-electron chi connectivity index (χ3n) is 0.302. The van der Waals surface area contributed by atoms with Crippen molar-refractivity contribution in [2.45, 2.75) is 6.42 Å². The number of rotatable bonds is 2. The van der Waals surface area contributed by atoms with Crippen LogP contribution in [-0.2, 0) is 9.59 Å². The Hall–Kier alpha value is 0.200. The molecule has 0 aliphatic heterocycles. The summed E-state index contributed by atoms with van der Waals surface area (Å²) in [5, 5.41) is 15.4. The van der Waals surface area contributed by atoms with Gasteiger partial charge in [0.25, 0.3) is 0 Å². The second kappa shape index (κ2) is 5.34. The Morgan fingerprint density at radius 2 is 1.38 bits per heavy atom. The van der Waals surface area contributed by atoms with Gasteiger partial charge in [0.1, 0.15) is 6.42 Å². The number of hydrogen-bond donors (Lipinski definition) is 2. The summed E-state index contributed by atoms with van der Waals surface area (Å²) in [6.45, 7) is 0. The Labute approximate surface area is 75.5 Å². The van der Waals surface area contributed by atoms with Crippen molar-refractivity contribution in [3.63, 3.8) is 0 Å². The van der Waals surface area contributed by atoms with Crippen LogP contribution in [0.1, 0.15) is 6.42 Å². The molecule has 5 heteroatoms. The molecule has 0 radical (unpaired) electrons. The molecular formula is C3H6CaO4. The Bertz CT molecular complexity index is 87.5. The number of carboxylic acids is 2. The molecule has 4 nitrogen and oxygen atoms in total. The number of carbonyl (C=O) groups is 2. The standard InChI is InChI=1S/C3H4O4.Ca.2H/c4-2(5)1-3(6)7;;;/h1H2,(H,4,5)(H,6,7);;;. The van der Waals surface area contributed by atoms with Crippen molar-refractivity contribution < 1.29 is 19.8 Å². The third kappa shape index (κ3) is 9.50. The van der Waals surface area contributed by atoms with Crippen LogP contribution in [-0.4, -0.2) is 59.9 Å². The van der Waals surface area contributed by atoms with Crippen LogP contribution in [0.15, 0.2) is 0 Å². The van der Waals surface area contributed by atoms with Crippen LogP contribution >= 0.6 is 0 Å². The summed E-state index contributed by atoms with van der Waals surface area (Å²) in [5.74, 6) is -2.62. The van der Waals surface area contributed by atoms with E-state index in [9.17, 15) is 9.59 Å². The average Bonchev–Trinajstić information content (AvgIpc) is 1.27. The van der Waals surface area contributed by atoms with E-state index in [-0.39, 0.29) is 37.7 Å². The van der Waals surface area contributed by atoms with Crippen LogP contribution in [0.2, 0.25) is 0 Å². The molecule has 0 amide bonds. The van der Waals surface area contributed by atoms with E-state index in [1.165, 1.54) is 0 Å². The van der Waals surface area contributed by atoms with Gasteiger partial charge in [-0.05, 0) is 0 Å². The van der Waals surface area contributed by atoms with Gasteiger partial charge in [0.05, 0.1) is 0 Å². The zero-order valence-corrected chi connectivity index (χ0v) is 3.42. The van der Waals surface area contributed by atoms with Crippen LogP contribution in [0.3, 0.4) is 0 Å². The molecule has 44 valence electrons. The molecule has 0 aliphatic carbocycles. The van der Waals surface area contributed by atoms with Crippen LogP contribution in [0.5, 0.6) is 0 Å². The van der Waals surface area contributed by atoms with Crippen molar-refractivity contribution in [3.05, 3.63) is 0 Å². The van der Waals surface area contributed by atoms with Crippen molar-refractivity contribution >= 4 is 49.7 Å². The number of aliphatic carboxylic acids is 2. The van der Waals surface area contributed by atoms with E-state index in [4.69, 9.17) is 10.2 Å². The molecule has 0 aliphatic rings. The van der Waals surface area contributed by atoms with E-state index in [1.807, 2.05) is 0 Å². The zero-order chi connectivity index (χ0) is 5.86. The molecule has 0 aromatic rings. The monoisotopic (exact) mass is 146 g/mol. The minimum atomic E-state index is -1.31. The van der Waals surface area contributed by atoms with E-state index < -0.39 is 18.4 Å². The summed E-state index contributed by atoms with van der Waals surface area (Å²) < 4.78 is 0. The summed E-state index contributed by atoms with van der Waals surface area (Å²) in [6.07, 6.45) is -0.806. The quantitative estimate of drug-likeness (QED) is 0.372. The molecule has 2 N–H and O–H groups in total. The van der Waals surface area contributed by atoms with Crippen LogP contribution in [0, 0.1) is 0 Å². The molecule has 0 aromatic carbocycles. The van der Waals surface area contributed by atoms with Gasteiger partial charge in [0.15, 0.2) is 0 Å². The maximum absolute atomic E-state index is 9.43. The van der Waals surface area contributed by atoms with Crippen LogP contribution in [0.4, 0.5) is 0 Å². The molecule has 0 atom stereocenters. The normalized spacial score (nSPS) is 7.00. The first kappa shape index (κ1) is 11.1. The first-order valence-corrected chi connectivity index (χ1v) is 1.56. The predicted octanol–water partition coefficient (Wildman–Crippen LogP) is -1.37. The van der Waals surface area contributed by atoms with Gasteiger partial charge in [-0.3, -0.25) is 9.59 Å². The average molecular weight is 146 g/mol. The summed E-state index contributed by atoms with van der Waals surface area (Å²) in [6, 6.07) is 0. The van der Waals surface area contributed by atoms with Crippen LogP contribution < -0.4 is 0 Å². The van der Waals surface area contributed by atoms with Gasteiger partial charge in [-0.2, -0.15) is 0 Å². The molecule has 0 spiro atoms. The zero-order valence-electron chi connectivity index (χ0n) is 3.42. The summed E-state index contributed by atoms with van der Waals surface area (Å²) in [5.41, 5.74) is 0. The summed E-state index contributed by atoms with van der Waals surface area (Å²) in [7, 11) is 0. The fourth-order valence-electron chi connectivity index (χ4n) is 0.129. The van der Waals surface area contributed by atoms with Crippen molar-refractivity contribution in [1.29, 1.82) is 0 Å². The Morgan fingerprint density at radius 3 is 1.38 bits per heavy atom. The first-order chi connectivity index (χ1) is 3.13. The van der Waals surface area contributed by atoms with Gasteiger partial charge in [-0.25, -0.2) is 0 Å². The topological polar surface area (TPSA) is 74.6 Å². The number of carboxylic acid groups (broad SMARTS) is 2. The molecule has 8 heavy (non-hydrogen) atoms. The Kier molecular flexibility index (Phi) is 7.38. The van der Waals surface area contributed by atoms with Crippen molar-refractivity contribution in [3.8, 4) is 0 Å². The molecule has 0 heterocycles. The molecule has 0 fully saturated rings. The SMILES string of the molecule is O=C(O)CC(=O)O.[CaH2]. The second-order valence-electron chi connectivity index (χ2n) is 0.964. The van der Waals surface area contributed by atoms with Crippen LogP contribution in [0.25, 0.3) is 0 Å². The van der Waals surface area contributed by atoms with Gasteiger partial charge in [-0.15, -0.1) is 0 Å². The van der Waals surface area contributed by atoms with Gasteiger partial charge in [0, 0.05) is 0 Å². The van der Waals surface area contributed by atoms with E-state index in [0.29, 0.717) is 0 Å². The molecule has 0 unspecified atom stereocenters.